The molecule has 0 aliphatic carbocycles. The van der Waals surface area contributed by atoms with Gasteiger partial charge in [-0.25, -0.2) is 4.79 Å². The highest BCUT2D eigenvalue weighted by molar-refractivity contribution is 5.99. The molecule has 8 heteroatoms. The SMILES string of the molecule is CC(=O)c1cccc(NC(=O)[C@H](C)OC(=O)C2=CCC(=O)NN2)c1. The van der Waals surface area contributed by atoms with Crippen LogP contribution in [0.15, 0.2) is 36.0 Å². The molecule has 0 aromatic heterocycles. The highest BCUT2D eigenvalue weighted by Gasteiger charge is 2.22. The molecule has 1 atom stereocenters. The molecule has 0 saturated heterocycles. The number of ketones is 1. The summed E-state index contributed by atoms with van der Waals surface area (Å²) in [6, 6.07) is 6.44. The number of Topliss-reactive ketones (excluding diaryl/α,β-unsaturated/α-hetero) is 1. The minimum atomic E-state index is -1.06. The van der Waals surface area contributed by atoms with E-state index in [0.29, 0.717) is 11.3 Å². The van der Waals surface area contributed by atoms with E-state index in [1.54, 1.807) is 18.2 Å². The number of rotatable bonds is 5. The van der Waals surface area contributed by atoms with Crippen LogP contribution < -0.4 is 16.2 Å². The van der Waals surface area contributed by atoms with E-state index in [1.807, 2.05) is 0 Å². The normalized spacial score (nSPS) is 14.6. The molecule has 0 unspecified atom stereocenters. The quantitative estimate of drug-likeness (QED) is 0.540. The molecule has 0 radical (unpaired) electrons. The second-order valence-corrected chi connectivity index (χ2v) is 5.17. The molecule has 0 fully saturated rings. The first-order valence-electron chi connectivity index (χ1n) is 7.24. The van der Waals surface area contributed by atoms with Crippen LogP contribution in [0, 0.1) is 0 Å². The van der Waals surface area contributed by atoms with E-state index >= 15 is 0 Å². The number of nitrogens with one attached hydrogen (secondary N) is 3. The second kappa shape index (κ2) is 7.40. The Kier molecular flexibility index (Phi) is 5.31. The zero-order valence-corrected chi connectivity index (χ0v) is 13.2. The van der Waals surface area contributed by atoms with Crippen LogP contribution in [0.4, 0.5) is 5.69 Å². The Labute approximate surface area is 138 Å². The van der Waals surface area contributed by atoms with Gasteiger partial charge in [0.05, 0.1) is 0 Å². The number of hydrogen-bond acceptors (Lipinski definition) is 6. The average molecular weight is 331 g/mol. The Morgan fingerprint density at radius 1 is 1.25 bits per heavy atom. The van der Waals surface area contributed by atoms with Crippen molar-refractivity contribution in [2.75, 3.05) is 5.32 Å². The van der Waals surface area contributed by atoms with E-state index in [1.165, 1.54) is 26.0 Å². The van der Waals surface area contributed by atoms with Crippen LogP contribution in [0.2, 0.25) is 0 Å². The molecule has 1 aromatic carbocycles. The van der Waals surface area contributed by atoms with Crippen molar-refractivity contribution in [3.05, 3.63) is 41.6 Å². The summed E-state index contributed by atoms with van der Waals surface area (Å²) in [7, 11) is 0. The highest BCUT2D eigenvalue weighted by atomic mass is 16.5. The number of anilines is 1. The number of carbonyl (C=O) groups is 4. The van der Waals surface area contributed by atoms with Crippen molar-refractivity contribution >= 4 is 29.3 Å². The maximum absolute atomic E-state index is 12.1. The van der Waals surface area contributed by atoms with E-state index in [4.69, 9.17) is 4.74 Å². The van der Waals surface area contributed by atoms with E-state index in [0.717, 1.165) is 0 Å². The van der Waals surface area contributed by atoms with E-state index in [2.05, 4.69) is 16.2 Å². The molecule has 0 saturated carbocycles. The molecule has 0 bridgehead atoms. The molecular formula is C16H17N3O5. The predicted molar refractivity (Wildman–Crippen MR) is 84.6 cm³/mol. The molecule has 8 nitrogen and oxygen atoms in total. The highest BCUT2D eigenvalue weighted by Crippen LogP contribution is 2.12. The van der Waals surface area contributed by atoms with Gasteiger partial charge in [-0.3, -0.25) is 25.2 Å². The summed E-state index contributed by atoms with van der Waals surface area (Å²) in [6.07, 6.45) is 0.372. The monoisotopic (exact) mass is 331 g/mol. The molecule has 24 heavy (non-hydrogen) atoms. The van der Waals surface area contributed by atoms with Crippen molar-refractivity contribution in [2.24, 2.45) is 0 Å². The van der Waals surface area contributed by atoms with Gasteiger partial charge < -0.3 is 10.1 Å². The predicted octanol–water partition coefficient (Wildman–Crippen LogP) is 0.668. The lowest BCUT2D eigenvalue weighted by atomic mass is 10.1. The molecule has 1 heterocycles. The van der Waals surface area contributed by atoms with E-state index < -0.39 is 18.0 Å². The molecule has 1 aromatic rings. The summed E-state index contributed by atoms with van der Waals surface area (Å²) >= 11 is 0. The zero-order chi connectivity index (χ0) is 17.7. The van der Waals surface area contributed by atoms with Crippen LogP contribution in [-0.2, 0) is 19.1 Å². The molecule has 2 rings (SSSR count). The number of carbonyl (C=O) groups excluding carboxylic acids is 4. The molecule has 3 N–H and O–H groups in total. The van der Waals surface area contributed by atoms with E-state index in [9.17, 15) is 19.2 Å². The molecule has 1 aliphatic heterocycles. The van der Waals surface area contributed by atoms with Gasteiger partial charge in [0.1, 0.15) is 5.70 Å². The number of hydrogen-bond donors (Lipinski definition) is 3. The fourth-order valence-corrected chi connectivity index (χ4v) is 1.91. The van der Waals surface area contributed by atoms with Gasteiger partial charge in [0.25, 0.3) is 5.91 Å². The standard InChI is InChI=1S/C16H17N3O5/c1-9(20)11-4-3-5-12(8-11)17-15(22)10(2)24-16(23)13-6-7-14(21)19-18-13/h3-6,8,10,18H,7H2,1-2H3,(H,17,22)(H,19,21)/t10-/m0/s1. The van der Waals surface area contributed by atoms with Crippen LogP contribution >= 0.6 is 0 Å². The lowest BCUT2D eigenvalue weighted by molar-refractivity contribution is -0.149. The molecule has 2 amide bonds. The molecule has 0 spiro atoms. The van der Waals surface area contributed by atoms with Crippen LogP contribution in [0.25, 0.3) is 0 Å². The first-order chi connectivity index (χ1) is 11.4. The van der Waals surface area contributed by atoms with Crippen LogP contribution in [0.3, 0.4) is 0 Å². The second-order valence-electron chi connectivity index (χ2n) is 5.17. The topological polar surface area (TPSA) is 114 Å². The van der Waals surface area contributed by atoms with E-state index in [-0.39, 0.29) is 23.8 Å². The Morgan fingerprint density at radius 2 is 2.00 bits per heavy atom. The van der Waals surface area contributed by atoms with Gasteiger partial charge in [-0.05, 0) is 32.1 Å². The summed E-state index contributed by atoms with van der Waals surface area (Å²) < 4.78 is 5.04. The minimum Gasteiger partial charge on any atom is -0.448 e. The van der Waals surface area contributed by atoms with Crippen molar-refractivity contribution in [3.8, 4) is 0 Å². The number of hydrazine groups is 1. The van der Waals surface area contributed by atoms with Crippen LogP contribution in [-0.4, -0.2) is 29.7 Å². The van der Waals surface area contributed by atoms with Gasteiger partial charge >= 0.3 is 5.97 Å². The first-order valence-corrected chi connectivity index (χ1v) is 7.24. The van der Waals surface area contributed by atoms with Crippen molar-refractivity contribution in [3.63, 3.8) is 0 Å². The third kappa shape index (κ3) is 4.42. The Morgan fingerprint density at radius 3 is 2.62 bits per heavy atom. The van der Waals surface area contributed by atoms with Crippen molar-refractivity contribution in [1.82, 2.24) is 10.9 Å². The van der Waals surface area contributed by atoms with Gasteiger partial charge in [0, 0.05) is 17.7 Å². The largest absolute Gasteiger partial charge is 0.448 e. The summed E-state index contributed by atoms with van der Waals surface area (Å²) in [5.74, 6) is -1.69. The van der Waals surface area contributed by atoms with Gasteiger partial charge in [-0.2, -0.15) is 0 Å². The molecule has 126 valence electrons. The number of esters is 1. The molecule has 1 aliphatic rings. The lowest BCUT2D eigenvalue weighted by Crippen LogP contribution is -2.43. The minimum absolute atomic E-state index is 0.0514. The number of benzene rings is 1. The van der Waals surface area contributed by atoms with Gasteiger partial charge in [0.15, 0.2) is 11.9 Å². The summed E-state index contributed by atoms with van der Waals surface area (Å²) in [5.41, 5.74) is 5.64. The third-order valence-corrected chi connectivity index (χ3v) is 3.24. The van der Waals surface area contributed by atoms with Crippen LogP contribution in [0.5, 0.6) is 0 Å². The first kappa shape index (κ1) is 17.2. The number of amides is 2. The average Bonchev–Trinajstić information content (AvgIpc) is 2.55. The Balaban J connectivity index is 1.95. The lowest BCUT2D eigenvalue weighted by Gasteiger charge is -2.18. The zero-order valence-electron chi connectivity index (χ0n) is 13.2. The Hall–Kier alpha value is -3.16. The van der Waals surface area contributed by atoms with Crippen LogP contribution in [0.1, 0.15) is 30.6 Å². The fraction of sp³-hybridized carbons (Fsp3) is 0.250. The maximum Gasteiger partial charge on any atom is 0.356 e. The summed E-state index contributed by atoms with van der Waals surface area (Å²) in [6.45, 7) is 2.85. The van der Waals surface area contributed by atoms with Gasteiger partial charge in [-0.15, -0.1) is 0 Å². The van der Waals surface area contributed by atoms with Crippen molar-refractivity contribution < 1.29 is 23.9 Å². The fourth-order valence-electron chi connectivity index (χ4n) is 1.91. The summed E-state index contributed by atoms with van der Waals surface area (Å²) in [5, 5.41) is 2.57. The van der Waals surface area contributed by atoms with Crippen molar-refractivity contribution in [2.45, 2.75) is 26.4 Å². The number of ether oxygens (including phenoxy) is 1. The Bertz CT molecular complexity index is 726. The summed E-state index contributed by atoms with van der Waals surface area (Å²) in [4.78, 5) is 46.3. The molecular weight excluding hydrogens is 314 g/mol. The van der Waals surface area contributed by atoms with Crippen molar-refractivity contribution in [1.29, 1.82) is 0 Å². The van der Waals surface area contributed by atoms with Gasteiger partial charge in [-0.1, -0.05) is 12.1 Å². The maximum atomic E-state index is 12.1. The smallest absolute Gasteiger partial charge is 0.356 e. The third-order valence-electron chi connectivity index (χ3n) is 3.24. The van der Waals surface area contributed by atoms with Gasteiger partial charge in [0.2, 0.25) is 5.91 Å².